The SMILES string of the molecule is O=C(COC(=O)c1ccc[nH]1)c1c[nH]c(C(=O)N2CCCC2)c1. The number of amides is 1. The molecule has 1 aliphatic heterocycles. The summed E-state index contributed by atoms with van der Waals surface area (Å²) in [6.07, 6.45) is 5.08. The molecule has 0 aliphatic carbocycles. The number of esters is 1. The summed E-state index contributed by atoms with van der Waals surface area (Å²) in [4.78, 5) is 43.2. The van der Waals surface area contributed by atoms with Crippen molar-refractivity contribution < 1.29 is 19.1 Å². The zero-order chi connectivity index (χ0) is 16.2. The lowest BCUT2D eigenvalue weighted by molar-refractivity contribution is 0.0469. The fraction of sp³-hybridized carbons (Fsp3) is 0.312. The maximum atomic E-state index is 12.2. The second-order valence-corrected chi connectivity index (χ2v) is 5.38. The van der Waals surface area contributed by atoms with Crippen molar-refractivity contribution in [3.05, 3.63) is 47.5 Å². The second kappa shape index (κ2) is 6.51. The third-order valence-corrected chi connectivity index (χ3v) is 3.78. The van der Waals surface area contributed by atoms with Crippen molar-refractivity contribution in [3.8, 4) is 0 Å². The molecule has 1 aliphatic rings. The Morgan fingerprint density at radius 1 is 1.13 bits per heavy atom. The molecule has 0 aromatic carbocycles. The molecule has 1 fully saturated rings. The predicted octanol–water partition coefficient (Wildman–Crippen LogP) is 1.62. The fourth-order valence-corrected chi connectivity index (χ4v) is 2.52. The summed E-state index contributed by atoms with van der Waals surface area (Å²) in [5.41, 5.74) is 0.995. The Morgan fingerprint density at radius 2 is 1.91 bits per heavy atom. The first-order valence-electron chi connectivity index (χ1n) is 7.46. The van der Waals surface area contributed by atoms with Gasteiger partial charge in [0.25, 0.3) is 5.91 Å². The Morgan fingerprint density at radius 3 is 2.61 bits per heavy atom. The molecule has 0 saturated carbocycles. The number of ether oxygens (including phenoxy) is 1. The van der Waals surface area contributed by atoms with E-state index < -0.39 is 5.97 Å². The van der Waals surface area contributed by atoms with Crippen LogP contribution < -0.4 is 0 Å². The largest absolute Gasteiger partial charge is 0.453 e. The van der Waals surface area contributed by atoms with Gasteiger partial charge in [-0.15, -0.1) is 0 Å². The summed E-state index contributed by atoms with van der Waals surface area (Å²) >= 11 is 0. The van der Waals surface area contributed by atoms with Crippen molar-refractivity contribution in [1.82, 2.24) is 14.9 Å². The number of hydrogen-bond donors (Lipinski definition) is 2. The number of nitrogens with zero attached hydrogens (tertiary/aromatic N) is 1. The van der Waals surface area contributed by atoms with Crippen LogP contribution in [0.3, 0.4) is 0 Å². The van der Waals surface area contributed by atoms with Gasteiger partial charge in [0.1, 0.15) is 11.4 Å². The van der Waals surface area contributed by atoms with Crippen LogP contribution in [0.15, 0.2) is 30.6 Å². The molecule has 2 aromatic rings. The maximum absolute atomic E-state index is 12.2. The first-order chi connectivity index (χ1) is 11.1. The molecule has 3 rings (SSSR count). The van der Waals surface area contributed by atoms with E-state index in [0.717, 1.165) is 25.9 Å². The minimum atomic E-state index is -0.591. The summed E-state index contributed by atoms with van der Waals surface area (Å²) in [6, 6.07) is 4.74. The van der Waals surface area contributed by atoms with Gasteiger partial charge >= 0.3 is 5.97 Å². The van der Waals surface area contributed by atoms with Gasteiger partial charge in [-0.3, -0.25) is 9.59 Å². The number of nitrogens with one attached hydrogen (secondary N) is 2. The number of ketones is 1. The second-order valence-electron chi connectivity index (χ2n) is 5.38. The molecule has 0 radical (unpaired) electrons. The van der Waals surface area contributed by atoms with Crippen molar-refractivity contribution >= 4 is 17.7 Å². The average molecular weight is 315 g/mol. The molecule has 0 bridgehead atoms. The van der Waals surface area contributed by atoms with Gasteiger partial charge in [-0.25, -0.2) is 4.79 Å². The molecule has 7 heteroatoms. The van der Waals surface area contributed by atoms with Gasteiger partial charge in [0, 0.05) is 31.0 Å². The van der Waals surface area contributed by atoms with Crippen molar-refractivity contribution in [2.24, 2.45) is 0 Å². The van der Waals surface area contributed by atoms with Crippen LogP contribution in [0.2, 0.25) is 0 Å². The summed E-state index contributed by atoms with van der Waals surface area (Å²) in [5.74, 6) is -1.06. The number of likely N-dealkylation sites (tertiary alicyclic amines) is 1. The molecule has 23 heavy (non-hydrogen) atoms. The van der Waals surface area contributed by atoms with Crippen molar-refractivity contribution in [2.75, 3.05) is 19.7 Å². The van der Waals surface area contributed by atoms with E-state index >= 15 is 0 Å². The molecule has 120 valence electrons. The highest BCUT2D eigenvalue weighted by molar-refractivity contribution is 6.01. The Hall–Kier alpha value is -2.83. The van der Waals surface area contributed by atoms with Gasteiger partial charge in [-0.1, -0.05) is 0 Å². The molecule has 1 saturated heterocycles. The molecule has 2 N–H and O–H groups in total. The normalized spacial score (nSPS) is 14.0. The number of carbonyl (C=O) groups is 3. The van der Waals surface area contributed by atoms with E-state index in [1.807, 2.05) is 0 Å². The van der Waals surface area contributed by atoms with Crippen LogP contribution in [0, 0.1) is 0 Å². The minimum Gasteiger partial charge on any atom is -0.453 e. The number of carbonyl (C=O) groups excluding carboxylic acids is 3. The molecular formula is C16H17N3O4. The zero-order valence-electron chi connectivity index (χ0n) is 12.5. The molecule has 0 unspecified atom stereocenters. The van der Waals surface area contributed by atoms with Gasteiger partial charge in [-0.2, -0.15) is 0 Å². The first-order valence-corrected chi connectivity index (χ1v) is 7.46. The highest BCUT2D eigenvalue weighted by Crippen LogP contribution is 2.13. The van der Waals surface area contributed by atoms with E-state index in [1.54, 1.807) is 23.2 Å². The van der Waals surface area contributed by atoms with Crippen LogP contribution in [-0.2, 0) is 4.74 Å². The van der Waals surface area contributed by atoms with Crippen LogP contribution in [0.5, 0.6) is 0 Å². The Kier molecular flexibility index (Phi) is 4.27. The van der Waals surface area contributed by atoms with E-state index in [0.29, 0.717) is 11.3 Å². The summed E-state index contributed by atoms with van der Waals surface area (Å²) in [5, 5.41) is 0. The van der Waals surface area contributed by atoms with Crippen LogP contribution in [-0.4, -0.2) is 52.2 Å². The molecule has 0 spiro atoms. The Balaban J connectivity index is 1.58. The van der Waals surface area contributed by atoms with E-state index in [1.165, 1.54) is 12.3 Å². The van der Waals surface area contributed by atoms with E-state index in [2.05, 4.69) is 9.97 Å². The van der Waals surface area contributed by atoms with Crippen molar-refractivity contribution in [3.63, 3.8) is 0 Å². The lowest BCUT2D eigenvalue weighted by Gasteiger charge is -2.13. The lowest BCUT2D eigenvalue weighted by Crippen LogP contribution is -2.27. The number of rotatable bonds is 5. The standard InChI is InChI=1S/C16H17N3O4/c20-14(10-23-16(22)12-4-3-5-17-12)11-8-13(18-9-11)15(21)19-6-1-2-7-19/h3-5,8-9,17-18H,1-2,6-7,10H2. The van der Waals surface area contributed by atoms with E-state index in [4.69, 9.17) is 4.74 Å². The average Bonchev–Trinajstić information content (AvgIpc) is 3.33. The number of hydrogen-bond acceptors (Lipinski definition) is 4. The molecular weight excluding hydrogens is 298 g/mol. The molecule has 2 aromatic heterocycles. The van der Waals surface area contributed by atoms with Crippen LogP contribution >= 0.6 is 0 Å². The molecule has 7 nitrogen and oxygen atoms in total. The zero-order valence-corrected chi connectivity index (χ0v) is 12.5. The van der Waals surface area contributed by atoms with Gasteiger partial charge in [0.05, 0.1) is 0 Å². The summed E-state index contributed by atoms with van der Waals surface area (Å²) in [6.45, 7) is 1.12. The molecule has 1 amide bonds. The molecule has 3 heterocycles. The predicted molar refractivity (Wildman–Crippen MR) is 81.3 cm³/mol. The first kappa shape index (κ1) is 15.1. The fourth-order valence-electron chi connectivity index (χ4n) is 2.52. The van der Waals surface area contributed by atoms with Gasteiger partial charge in [0.2, 0.25) is 5.78 Å². The third-order valence-electron chi connectivity index (χ3n) is 3.78. The number of H-pyrrole nitrogens is 2. The smallest absolute Gasteiger partial charge is 0.355 e. The number of aromatic amines is 2. The summed E-state index contributed by atoms with van der Waals surface area (Å²) < 4.78 is 4.94. The monoisotopic (exact) mass is 315 g/mol. The topological polar surface area (TPSA) is 95.3 Å². The summed E-state index contributed by atoms with van der Waals surface area (Å²) in [7, 11) is 0. The highest BCUT2D eigenvalue weighted by atomic mass is 16.5. The van der Waals surface area contributed by atoms with Crippen molar-refractivity contribution in [1.29, 1.82) is 0 Å². The van der Waals surface area contributed by atoms with Gasteiger partial charge < -0.3 is 19.6 Å². The number of aromatic nitrogens is 2. The van der Waals surface area contributed by atoms with E-state index in [-0.39, 0.29) is 24.0 Å². The minimum absolute atomic E-state index is 0.107. The van der Waals surface area contributed by atoms with Crippen molar-refractivity contribution in [2.45, 2.75) is 12.8 Å². The van der Waals surface area contributed by atoms with Crippen LogP contribution in [0.4, 0.5) is 0 Å². The van der Waals surface area contributed by atoms with E-state index in [9.17, 15) is 14.4 Å². The van der Waals surface area contributed by atoms with Gasteiger partial charge in [-0.05, 0) is 31.0 Å². The highest BCUT2D eigenvalue weighted by Gasteiger charge is 2.22. The quantitative estimate of drug-likeness (QED) is 0.647. The van der Waals surface area contributed by atoms with Gasteiger partial charge in [0.15, 0.2) is 6.61 Å². The van der Waals surface area contributed by atoms with Crippen LogP contribution in [0.25, 0.3) is 0 Å². The Bertz CT molecular complexity index is 712. The molecule has 0 atom stereocenters. The lowest BCUT2D eigenvalue weighted by atomic mass is 10.2. The number of Topliss-reactive ketones (excluding diaryl/α,β-unsaturated/α-hetero) is 1. The Labute approximate surface area is 132 Å². The maximum Gasteiger partial charge on any atom is 0.355 e. The third kappa shape index (κ3) is 3.33. The van der Waals surface area contributed by atoms with Crippen LogP contribution in [0.1, 0.15) is 44.2 Å².